The highest BCUT2D eigenvalue weighted by molar-refractivity contribution is 6.14. The van der Waals surface area contributed by atoms with Crippen LogP contribution in [0.1, 0.15) is 0 Å². The van der Waals surface area contributed by atoms with Gasteiger partial charge < -0.3 is 13.9 Å². The Hall–Kier alpha value is -9.44. The van der Waals surface area contributed by atoms with Crippen LogP contribution in [0.2, 0.25) is 0 Å². The second-order valence-corrected chi connectivity index (χ2v) is 18.4. The number of fused-ring (bicyclic) bond motifs is 9. The molecule has 14 rings (SSSR count). The summed E-state index contributed by atoms with van der Waals surface area (Å²) in [6.45, 7) is 0. The van der Waals surface area contributed by atoms with E-state index in [4.69, 9.17) is 4.42 Å². The summed E-state index contributed by atoms with van der Waals surface area (Å²) in [4.78, 5) is 2.39. The van der Waals surface area contributed by atoms with Gasteiger partial charge in [0.1, 0.15) is 11.2 Å². The summed E-state index contributed by atoms with van der Waals surface area (Å²) in [6, 6.07) is 96.7. The summed E-state index contributed by atoms with van der Waals surface area (Å²) in [6.07, 6.45) is 0. The van der Waals surface area contributed by atoms with Gasteiger partial charge in [-0.05, 0) is 122 Å². The van der Waals surface area contributed by atoms with Gasteiger partial charge >= 0.3 is 0 Å². The van der Waals surface area contributed by atoms with Crippen molar-refractivity contribution in [2.75, 3.05) is 4.90 Å². The molecule has 0 radical (unpaired) electrons. The number of nitrogens with zero attached hydrogens (tertiary/aromatic N) is 2. The molecule has 3 nitrogen and oxygen atoms in total. The van der Waals surface area contributed by atoms with Crippen molar-refractivity contribution in [1.82, 2.24) is 4.57 Å². The van der Waals surface area contributed by atoms with Gasteiger partial charge in [0.25, 0.3) is 0 Å². The molecule has 0 bridgehead atoms. The highest BCUT2D eigenvalue weighted by Gasteiger charge is 2.19. The fraction of sp³-hybridized carbons (Fsp3) is 0. The van der Waals surface area contributed by atoms with Gasteiger partial charge in [-0.1, -0.05) is 200 Å². The third kappa shape index (κ3) is 6.82. The van der Waals surface area contributed by atoms with Gasteiger partial charge in [0.05, 0.1) is 16.7 Å². The zero-order valence-electron chi connectivity index (χ0n) is 38.7. The Balaban J connectivity index is 0.874. The van der Waals surface area contributed by atoms with Gasteiger partial charge in [-0.3, -0.25) is 0 Å². The molecule has 0 spiro atoms. The van der Waals surface area contributed by atoms with E-state index in [1.807, 2.05) is 12.1 Å². The predicted molar refractivity (Wildman–Crippen MR) is 299 cm³/mol. The van der Waals surface area contributed by atoms with Crippen molar-refractivity contribution < 1.29 is 4.42 Å². The molecule has 2 heterocycles. The molecule has 12 aromatic carbocycles. The van der Waals surface area contributed by atoms with Crippen molar-refractivity contribution in [1.29, 1.82) is 0 Å². The maximum atomic E-state index is 6.50. The molecule has 0 saturated heterocycles. The monoisotopic (exact) mass is 904 g/mol. The second kappa shape index (κ2) is 16.7. The van der Waals surface area contributed by atoms with E-state index in [0.29, 0.717) is 0 Å². The third-order valence-electron chi connectivity index (χ3n) is 14.4. The molecule has 0 atom stereocenters. The van der Waals surface area contributed by atoms with Crippen molar-refractivity contribution in [2.45, 2.75) is 0 Å². The molecule has 3 heteroatoms. The maximum absolute atomic E-state index is 6.50. The standard InChI is InChI=1S/C68H44N2O/c1-2-21-54-50(16-1)44-63(58-24-4-3-23-57(54)58)49-18-14-20-53(43-49)69(51-40-38-47(39-41-51)56-28-15-29-62-61-27-8-12-33-67(61)71-68(56)62)52-19-13-17-48(42-52)45-34-36-46(37-35-45)55-22-5-9-30-64(55)70-65-31-10-6-25-59(65)60-26-7-11-32-66(60)70/h1-44H. The highest BCUT2D eigenvalue weighted by atomic mass is 16.3. The number of para-hydroxylation sites is 5. The van der Waals surface area contributed by atoms with E-state index in [-0.39, 0.29) is 0 Å². The van der Waals surface area contributed by atoms with Crippen LogP contribution >= 0.6 is 0 Å². The maximum Gasteiger partial charge on any atom is 0.143 e. The predicted octanol–water partition coefficient (Wildman–Crippen LogP) is 19.1. The van der Waals surface area contributed by atoms with Crippen LogP contribution in [-0.4, -0.2) is 4.57 Å². The molecule has 0 N–H and O–H groups in total. The number of benzene rings is 12. The summed E-state index contributed by atoms with van der Waals surface area (Å²) in [5.41, 5.74) is 17.7. The Bertz CT molecular complexity index is 4290. The lowest BCUT2D eigenvalue weighted by molar-refractivity contribution is 0.670. The number of hydrogen-bond acceptors (Lipinski definition) is 2. The van der Waals surface area contributed by atoms with E-state index in [1.54, 1.807) is 0 Å². The van der Waals surface area contributed by atoms with Crippen LogP contribution in [-0.2, 0) is 0 Å². The highest BCUT2D eigenvalue weighted by Crippen LogP contribution is 2.43. The zero-order valence-corrected chi connectivity index (χ0v) is 38.7. The summed E-state index contributed by atoms with van der Waals surface area (Å²) < 4.78 is 8.91. The van der Waals surface area contributed by atoms with Gasteiger partial charge in [0, 0.05) is 49.7 Å². The van der Waals surface area contributed by atoms with Crippen molar-refractivity contribution >= 4 is 82.4 Å². The quantitative estimate of drug-likeness (QED) is 0.142. The van der Waals surface area contributed by atoms with Crippen LogP contribution in [0, 0.1) is 0 Å². The van der Waals surface area contributed by atoms with Crippen LogP contribution < -0.4 is 4.90 Å². The van der Waals surface area contributed by atoms with Gasteiger partial charge in [-0.25, -0.2) is 0 Å². The molecular formula is C68H44N2O. The molecule has 0 fully saturated rings. The lowest BCUT2D eigenvalue weighted by Gasteiger charge is -2.27. The molecule has 2 aromatic heterocycles. The van der Waals surface area contributed by atoms with Crippen LogP contribution in [0.4, 0.5) is 17.1 Å². The van der Waals surface area contributed by atoms with E-state index in [2.05, 4.69) is 264 Å². The van der Waals surface area contributed by atoms with E-state index >= 15 is 0 Å². The Labute approximate surface area is 411 Å². The Morgan fingerprint density at radius 2 is 0.803 bits per heavy atom. The SMILES string of the molecule is c1cc(-c2ccc(-c3ccccc3-n3c4ccccc4c4ccccc43)cc2)cc(N(c2ccc(-c3cccc4c3oc3ccccc34)cc2)c2cccc(-c3cc4ccccc4c4ccccc34)c2)c1. The molecule has 71 heavy (non-hydrogen) atoms. The summed E-state index contributed by atoms with van der Waals surface area (Å²) in [7, 11) is 0. The first-order chi connectivity index (χ1) is 35.2. The normalized spacial score (nSPS) is 11.7. The van der Waals surface area contributed by atoms with Gasteiger partial charge in [-0.15, -0.1) is 0 Å². The first kappa shape index (κ1) is 40.6. The van der Waals surface area contributed by atoms with Crippen molar-refractivity contribution in [2.24, 2.45) is 0 Å². The number of aromatic nitrogens is 1. The van der Waals surface area contributed by atoms with Crippen LogP contribution in [0.15, 0.2) is 271 Å². The van der Waals surface area contributed by atoms with E-state index < -0.39 is 0 Å². The molecular weight excluding hydrogens is 861 g/mol. The number of furan rings is 1. The van der Waals surface area contributed by atoms with Crippen molar-refractivity contribution in [3.63, 3.8) is 0 Å². The minimum Gasteiger partial charge on any atom is -0.455 e. The molecule has 0 aliphatic rings. The zero-order chi connectivity index (χ0) is 46.8. The summed E-state index contributed by atoms with van der Waals surface area (Å²) >= 11 is 0. The van der Waals surface area contributed by atoms with Crippen molar-refractivity contribution in [3.8, 4) is 50.2 Å². The average Bonchev–Trinajstić information content (AvgIpc) is 4.00. The third-order valence-corrected chi connectivity index (χ3v) is 14.4. The number of hydrogen-bond donors (Lipinski definition) is 0. The molecule has 14 aromatic rings. The lowest BCUT2D eigenvalue weighted by atomic mass is 9.93. The molecule has 332 valence electrons. The first-order valence-electron chi connectivity index (χ1n) is 24.3. The first-order valence-corrected chi connectivity index (χ1v) is 24.3. The topological polar surface area (TPSA) is 21.3 Å². The fourth-order valence-electron chi connectivity index (χ4n) is 11.1. The molecule has 0 amide bonds. The minimum atomic E-state index is 0.899. The van der Waals surface area contributed by atoms with Gasteiger partial charge in [0.2, 0.25) is 0 Å². The smallest absolute Gasteiger partial charge is 0.143 e. The van der Waals surface area contributed by atoms with E-state index in [9.17, 15) is 0 Å². The fourth-order valence-corrected chi connectivity index (χ4v) is 11.1. The van der Waals surface area contributed by atoms with Crippen LogP contribution in [0.5, 0.6) is 0 Å². The molecule has 0 aliphatic heterocycles. The van der Waals surface area contributed by atoms with E-state index in [0.717, 1.165) is 72.5 Å². The summed E-state index contributed by atoms with van der Waals surface area (Å²) in [5.74, 6) is 0. The van der Waals surface area contributed by atoms with Crippen molar-refractivity contribution in [3.05, 3.63) is 267 Å². The minimum absolute atomic E-state index is 0.899. The Morgan fingerprint density at radius 1 is 0.282 bits per heavy atom. The largest absolute Gasteiger partial charge is 0.455 e. The number of rotatable bonds is 8. The van der Waals surface area contributed by atoms with E-state index in [1.165, 1.54) is 60.0 Å². The Morgan fingerprint density at radius 3 is 1.56 bits per heavy atom. The summed E-state index contributed by atoms with van der Waals surface area (Å²) in [5, 5.41) is 9.75. The lowest BCUT2D eigenvalue weighted by Crippen LogP contribution is -2.10. The number of anilines is 3. The van der Waals surface area contributed by atoms with Crippen LogP contribution in [0.3, 0.4) is 0 Å². The van der Waals surface area contributed by atoms with Gasteiger partial charge in [0.15, 0.2) is 0 Å². The van der Waals surface area contributed by atoms with Crippen LogP contribution in [0.25, 0.3) is 115 Å². The molecule has 0 saturated carbocycles. The van der Waals surface area contributed by atoms with Gasteiger partial charge in [-0.2, -0.15) is 0 Å². The average molecular weight is 905 g/mol. The Kier molecular flexibility index (Phi) is 9.53. The second-order valence-electron chi connectivity index (χ2n) is 18.4. The molecule has 0 aliphatic carbocycles. The molecule has 0 unspecified atom stereocenters.